The number of benzene rings is 1. The van der Waals surface area contributed by atoms with E-state index in [1.165, 1.54) is 12.8 Å². The summed E-state index contributed by atoms with van der Waals surface area (Å²) in [5.41, 5.74) is -0.0468. The Morgan fingerprint density at radius 1 is 1.29 bits per heavy atom. The van der Waals surface area contributed by atoms with Crippen molar-refractivity contribution in [2.75, 3.05) is 6.07 Å². The SMILES string of the molecule is CC1(Oc2cc(I)ccc2OCCl)CCCC1. The highest BCUT2D eigenvalue weighted by atomic mass is 127. The third-order valence-electron chi connectivity index (χ3n) is 3.13. The summed E-state index contributed by atoms with van der Waals surface area (Å²) in [4.78, 5) is 0. The van der Waals surface area contributed by atoms with Crippen molar-refractivity contribution in [3.05, 3.63) is 21.8 Å². The Hall–Kier alpha value is -0.160. The zero-order chi connectivity index (χ0) is 12.3. The summed E-state index contributed by atoms with van der Waals surface area (Å²) in [5, 5.41) is 0. The Morgan fingerprint density at radius 3 is 2.65 bits per heavy atom. The third kappa shape index (κ3) is 3.41. The monoisotopic (exact) mass is 366 g/mol. The molecule has 0 aromatic heterocycles. The fourth-order valence-corrected chi connectivity index (χ4v) is 2.81. The van der Waals surface area contributed by atoms with Crippen LogP contribution < -0.4 is 9.47 Å². The largest absolute Gasteiger partial charge is 0.484 e. The quantitative estimate of drug-likeness (QED) is 0.574. The highest BCUT2D eigenvalue weighted by Gasteiger charge is 2.31. The van der Waals surface area contributed by atoms with Crippen molar-refractivity contribution in [1.82, 2.24) is 0 Å². The molecule has 0 radical (unpaired) electrons. The van der Waals surface area contributed by atoms with Crippen molar-refractivity contribution < 1.29 is 9.47 Å². The van der Waals surface area contributed by atoms with Crippen LogP contribution in [-0.2, 0) is 0 Å². The van der Waals surface area contributed by atoms with Gasteiger partial charge in [0.1, 0.15) is 5.60 Å². The maximum absolute atomic E-state index is 6.14. The molecule has 1 aliphatic rings. The summed E-state index contributed by atoms with van der Waals surface area (Å²) in [6, 6.07) is 6.06. The maximum Gasteiger partial charge on any atom is 0.163 e. The van der Waals surface area contributed by atoms with Gasteiger partial charge >= 0.3 is 0 Å². The van der Waals surface area contributed by atoms with Gasteiger partial charge in [-0.05, 0) is 73.4 Å². The third-order valence-corrected chi connectivity index (χ3v) is 3.91. The molecule has 0 N–H and O–H groups in total. The highest BCUT2D eigenvalue weighted by Crippen LogP contribution is 2.38. The van der Waals surface area contributed by atoms with Gasteiger partial charge in [0.05, 0.1) is 0 Å². The van der Waals surface area contributed by atoms with E-state index in [1.807, 2.05) is 18.2 Å². The lowest BCUT2D eigenvalue weighted by atomic mass is 10.1. The summed E-state index contributed by atoms with van der Waals surface area (Å²) in [5.74, 6) is 1.54. The fraction of sp³-hybridized carbons (Fsp3) is 0.538. The number of rotatable bonds is 4. The normalized spacial score (nSPS) is 18.1. The molecule has 94 valence electrons. The highest BCUT2D eigenvalue weighted by molar-refractivity contribution is 14.1. The van der Waals surface area contributed by atoms with E-state index in [2.05, 4.69) is 29.5 Å². The molecule has 0 atom stereocenters. The molecule has 0 unspecified atom stereocenters. The molecule has 0 aliphatic heterocycles. The van der Waals surface area contributed by atoms with Crippen molar-refractivity contribution in [2.24, 2.45) is 0 Å². The Bertz CT molecular complexity index is 389. The van der Waals surface area contributed by atoms with E-state index in [-0.39, 0.29) is 11.7 Å². The molecule has 1 aliphatic carbocycles. The van der Waals surface area contributed by atoms with Crippen molar-refractivity contribution in [1.29, 1.82) is 0 Å². The Morgan fingerprint density at radius 2 is 2.00 bits per heavy atom. The molecule has 2 rings (SSSR count). The number of alkyl halides is 1. The van der Waals surface area contributed by atoms with Gasteiger partial charge in [-0.3, -0.25) is 0 Å². The van der Waals surface area contributed by atoms with Crippen molar-refractivity contribution in [3.63, 3.8) is 0 Å². The second-order valence-corrected chi connectivity index (χ2v) is 6.07. The van der Waals surface area contributed by atoms with Crippen molar-refractivity contribution >= 4 is 34.2 Å². The molecule has 0 heterocycles. The second kappa shape index (κ2) is 5.65. The van der Waals surface area contributed by atoms with Gasteiger partial charge in [-0.1, -0.05) is 11.6 Å². The molecule has 1 aromatic rings. The molecule has 1 aromatic carbocycles. The van der Waals surface area contributed by atoms with E-state index in [4.69, 9.17) is 21.1 Å². The van der Waals surface area contributed by atoms with Crippen molar-refractivity contribution in [2.45, 2.75) is 38.2 Å². The second-order valence-electron chi connectivity index (χ2n) is 4.60. The Balaban J connectivity index is 2.20. The summed E-state index contributed by atoms with van der Waals surface area (Å²) in [6.07, 6.45) is 4.70. The van der Waals surface area contributed by atoms with Crippen LogP contribution in [0.2, 0.25) is 0 Å². The summed E-state index contributed by atoms with van der Waals surface area (Å²) >= 11 is 7.89. The Labute approximate surface area is 121 Å². The van der Waals surface area contributed by atoms with Gasteiger partial charge in [0.25, 0.3) is 0 Å². The minimum absolute atomic E-state index is 0.0468. The lowest BCUT2D eigenvalue weighted by molar-refractivity contribution is 0.0922. The molecule has 4 heteroatoms. The number of hydrogen-bond acceptors (Lipinski definition) is 2. The predicted octanol–water partition coefficient (Wildman–Crippen LogP) is 4.58. The number of halogens is 2. The van der Waals surface area contributed by atoms with Gasteiger partial charge in [0.15, 0.2) is 17.6 Å². The van der Waals surface area contributed by atoms with Crippen LogP contribution in [0.15, 0.2) is 18.2 Å². The molecular formula is C13H16ClIO2. The average molecular weight is 367 g/mol. The first-order valence-electron chi connectivity index (χ1n) is 5.80. The van der Waals surface area contributed by atoms with Crippen LogP contribution in [0.25, 0.3) is 0 Å². The number of hydrogen-bond donors (Lipinski definition) is 0. The molecule has 1 saturated carbocycles. The zero-order valence-corrected chi connectivity index (χ0v) is 12.8. The van der Waals surface area contributed by atoms with E-state index >= 15 is 0 Å². The van der Waals surface area contributed by atoms with Crippen LogP contribution in [0, 0.1) is 3.57 Å². The molecule has 0 amide bonds. The minimum Gasteiger partial charge on any atom is -0.484 e. The van der Waals surface area contributed by atoms with E-state index < -0.39 is 0 Å². The first kappa shape index (κ1) is 13.3. The van der Waals surface area contributed by atoms with Gasteiger partial charge in [-0.25, -0.2) is 0 Å². The van der Waals surface area contributed by atoms with Crippen molar-refractivity contribution in [3.8, 4) is 11.5 Å². The molecular weight excluding hydrogens is 350 g/mol. The topological polar surface area (TPSA) is 18.5 Å². The van der Waals surface area contributed by atoms with Crippen LogP contribution in [0.1, 0.15) is 32.6 Å². The van der Waals surface area contributed by atoms with E-state index in [9.17, 15) is 0 Å². The smallest absolute Gasteiger partial charge is 0.163 e. The standard InChI is InChI=1S/C13H16ClIO2/c1-13(6-2-3-7-13)17-12-8-10(15)4-5-11(12)16-9-14/h4-5,8H,2-3,6-7,9H2,1H3. The molecule has 17 heavy (non-hydrogen) atoms. The van der Waals surface area contributed by atoms with Gasteiger partial charge in [0.2, 0.25) is 0 Å². The van der Waals surface area contributed by atoms with E-state index in [0.29, 0.717) is 0 Å². The Kier molecular flexibility index (Phi) is 4.42. The van der Waals surface area contributed by atoms with Crippen LogP contribution >= 0.6 is 34.2 Å². The van der Waals surface area contributed by atoms with Gasteiger partial charge in [0, 0.05) is 3.57 Å². The van der Waals surface area contributed by atoms with E-state index in [0.717, 1.165) is 27.9 Å². The molecule has 0 spiro atoms. The molecule has 0 saturated heterocycles. The summed E-state index contributed by atoms with van der Waals surface area (Å²) in [7, 11) is 0. The first-order valence-corrected chi connectivity index (χ1v) is 7.42. The lowest BCUT2D eigenvalue weighted by Gasteiger charge is -2.26. The van der Waals surface area contributed by atoms with Gasteiger partial charge in [-0.2, -0.15) is 0 Å². The first-order chi connectivity index (χ1) is 8.13. The molecule has 1 fully saturated rings. The van der Waals surface area contributed by atoms with Gasteiger partial charge < -0.3 is 9.47 Å². The average Bonchev–Trinajstić information content (AvgIpc) is 2.69. The minimum atomic E-state index is -0.0468. The van der Waals surface area contributed by atoms with Crippen LogP contribution in [-0.4, -0.2) is 11.7 Å². The van der Waals surface area contributed by atoms with Crippen LogP contribution in [0.4, 0.5) is 0 Å². The van der Waals surface area contributed by atoms with E-state index in [1.54, 1.807) is 0 Å². The maximum atomic E-state index is 6.14. The molecule has 0 bridgehead atoms. The van der Waals surface area contributed by atoms with Crippen LogP contribution in [0.3, 0.4) is 0 Å². The van der Waals surface area contributed by atoms with Gasteiger partial charge in [-0.15, -0.1) is 0 Å². The van der Waals surface area contributed by atoms with Crippen LogP contribution in [0.5, 0.6) is 11.5 Å². The zero-order valence-electron chi connectivity index (χ0n) is 9.84. The lowest BCUT2D eigenvalue weighted by Crippen LogP contribution is -2.28. The fourth-order valence-electron chi connectivity index (χ4n) is 2.23. The number of ether oxygens (including phenoxy) is 2. The summed E-state index contributed by atoms with van der Waals surface area (Å²) < 4.78 is 12.7. The predicted molar refractivity (Wildman–Crippen MR) is 78.0 cm³/mol. The molecule has 2 nitrogen and oxygen atoms in total. The summed E-state index contributed by atoms with van der Waals surface area (Å²) in [6.45, 7) is 2.17.